The van der Waals surface area contributed by atoms with Crippen molar-refractivity contribution < 1.29 is 4.79 Å². The third-order valence-corrected chi connectivity index (χ3v) is 4.48. The van der Waals surface area contributed by atoms with Crippen molar-refractivity contribution in [1.29, 1.82) is 0 Å². The first kappa shape index (κ1) is 17.4. The third-order valence-electron chi connectivity index (χ3n) is 4.48. The summed E-state index contributed by atoms with van der Waals surface area (Å²) >= 11 is 0. The summed E-state index contributed by atoms with van der Waals surface area (Å²) in [7, 11) is 1.84. The molecule has 4 nitrogen and oxygen atoms in total. The second-order valence-corrected chi connectivity index (χ2v) is 5.99. The molecule has 5 heteroatoms. The fourth-order valence-corrected chi connectivity index (χ4v) is 3.12. The molecule has 1 aliphatic heterocycles. The number of carbonyl (C=O) groups is 1. The van der Waals surface area contributed by atoms with E-state index >= 15 is 0 Å². The maximum absolute atomic E-state index is 11.8. The monoisotopic (exact) mass is 331 g/mol. The second-order valence-electron chi connectivity index (χ2n) is 5.99. The van der Waals surface area contributed by atoms with Crippen LogP contribution in [0.2, 0.25) is 0 Å². The van der Waals surface area contributed by atoms with Gasteiger partial charge in [-0.2, -0.15) is 0 Å². The fourth-order valence-electron chi connectivity index (χ4n) is 3.12. The average molecular weight is 332 g/mol. The molecule has 0 unspecified atom stereocenters. The molecule has 1 aromatic carbocycles. The maximum atomic E-state index is 11.8. The largest absolute Gasteiger partial charge is 0.324 e. The molecule has 0 saturated heterocycles. The molecular weight excluding hydrogens is 310 g/mol. The Kier molecular flexibility index (Phi) is 5.07. The van der Waals surface area contributed by atoms with Gasteiger partial charge in [-0.15, -0.1) is 12.4 Å². The van der Waals surface area contributed by atoms with Crippen LogP contribution in [0.3, 0.4) is 0 Å². The van der Waals surface area contributed by atoms with Gasteiger partial charge in [-0.3, -0.25) is 9.78 Å². The lowest BCUT2D eigenvalue weighted by molar-refractivity contribution is -0.118. The number of fused-ring (bicyclic) bond motifs is 1. The van der Waals surface area contributed by atoms with Crippen molar-refractivity contribution in [2.75, 3.05) is 11.9 Å². The summed E-state index contributed by atoms with van der Waals surface area (Å²) in [6, 6.07) is 6.23. The molecule has 1 amide bonds. The molecule has 2 heterocycles. The van der Waals surface area contributed by atoms with Crippen LogP contribution in [-0.4, -0.2) is 17.9 Å². The lowest BCUT2D eigenvalue weighted by Crippen LogP contribution is -2.30. The van der Waals surface area contributed by atoms with Crippen LogP contribution in [0.5, 0.6) is 0 Å². The fraction of sp³-hybridized carbons (Fsp3) is 0.333. The minimum Gasteiger partial charge on any atom is -0.324 e. The Bertz CT molecular complexity index is 743. The topological polar surface area (TPSA) is 59.2 Å². The van der Waals surface area contributed by atoms with Gasteiger partial charge < -0.3 is 10.6 Å². The number of aromatic nitrogens is 1. The number of carbonyl (C=O) groups excluding carboxylic acids is 1. The minimum absolute atomic E-state index is 0. The Balaban J connectivity index is 0.00000192. The Morgan fingerprint density at radius 1 is 1.26 bits per heavy atom. The van der Waals surface area contributed by atoms with Crippen LogP contribution >= 0.6 is 12.4 Å². The molecule has 0 bridgehead atoms. The number of pyridine rings is 1. The van der Waals surface area contributed by atoms with E-state index in [2.05, 4.69) is 24.0 Å². The zero-order valence-electron chi connectivity index (χ0n) is 13.7. The van der Waals surface area contributed by atoms with Crippen LogP contribution in [-0.2, 0) is 11.2 Å². The quantitative estimate of drug-likeness (QED) is 0.917. The van der Waals surface area contributed by atoms with E-state index in [-0.39, 0.29) is 24.4 Å². The predicted octanol–water partition coefficient (Wildman–Crippen LogP) is 3.41. The van der Waals surface area contributed by atoms with E-state index in [0.717, 1.165) is 28.8 Å². The molecular formula is C18H22ClN3O. The lowest BCUT2D eigenvalue weighted by atomic mass is 9.93. The minimum atomic E-state index is -0.0335. The number of anilines is 1. The van der Waals surface area contributed by atoms with Crippen molar-refractivity contribution in [3.05, 3.63) is 47.3 Å². The lowest BCUT2D eigenvalue weighted by Gasteiger charge is -2.26. The molecule has 0 fully saturated rings. The van der Waals surface area contributed by atoms with E-state index in [9.17, 15) is 4.79 Å². The number of hydrogen-bond acceptors (Lipinski definition) is 3. The van der Waals surface area contributed by atoms with E-state index < -0.39 is 0 Å². The van der Waals surface area contributed by atoms with Crippen LogP contribution in [0, 0.1) is 6.92 Å². The standard InChI is InChI=1S/C18H21N3O.ClH/c1-11-15(12(2)19)9-20-10-16(11)13-4-6-17-14(8-13)5-7-18(22)21(17)3;/h4,6,8-10,12H,5,7,19H2,1-3H3;1H/t12-;/m1./s1. The van der Waals surface area contributed by atoms with Crippen molar-refractivity contribution in [3.63, 3.8) is 0 Å². The van der Waals surface area contributed by atoms with Gasteiger partial charge in [0.2, 0.25) is 5.91 Å². The van der Waals surface area contributed by atoms with Gasteiger partial charge in [0.25, 0.3) is 0 Å². The molecule has 2 N–H and O–H groups in total. The summed E-state index contributed by atoms with van der Waals surface area (Å²) in [6.45, 7) is 4.06. The number of hydrogen-bond donors (Lipinski definition) is 1. The normalized spacial score (nSPS) is 15.0. The van der Waals surface area contributed by atoms with Crippen LogP contribution < -0.4 is 10.6 Å². The first-order valence-corrected chi connectivity index (χ1v) is 7.59. The van der Waals surface area contributed by atoms with Crippen LogP contribution in [0.25, 0.3) is 11.1 Å². The summed E-state index contributed by atoms with van der Waals surface area (Å²) in [5.41, 5.74) is 12.7. The predicted molar refractivity (Wildman–Crippen MR) is 96.0 cm³/mol. The summed E-state index contributed by atoms with van der Waals surface area (Å²) in [5.74, 6) is 0.178. The van der Waals surface area contributed by atoms with Crippen molar-refractivity contribution in [1.82, 2.24) is 4.98 Å². The van der Waals surface area contributed by atoms with Gasteiger partial charge in [0.05, 0.1) is 0 Å². The molecule has 3 rings (SSSR count). The van der Waals surface area contributed by atoms with Crippen molar-refractivity contribution in [2.24, 2.45) is 5.73 Å². The number of nitrogens with zero attached hydrogens (tertiary/aromatic N) is 2. The average Bonchev–Trinajstić information content (AvgIpc) is 2.50. The highest BCUT2D eigenvalue weighted by molar-refractivity contribution is 5.96. The molecule has 122 valence electrons. The molecule has 1 aromatic heterocycles. The highest BCUT2D eigenvalue weighted by atomic mass is 35.5. The molecule has 0 aliphatic carbocycles. The summed E-state index contributed by atoms with van der Waals surface area (Å²) in [4.78, 5) is 17.9. The summed E-state index contributed by atoms with van der Waals surface area (Å²) in [5, 5.41) is 0. The SMILES string of the molecule is Cc1c(-c2ccc3c(c2)CCC(=O)N3C)cncc1[C@@H](C)N.Cl. The molecule has 2 aromatic rings. The molecule has 0 saturated carbocycles. The Morgan fingerprint density at radius 3 is 2.70 bits per heavy atom. The molecule has 1 atom stereocenters. The second kappa shape index (κ2) is 6.69. The van der Waals surface area contributed by atoms with Gasteiger partial charge in [-0.25, -0.2) is 0 Å². The Morgan fingerprint density at radius 2 is 2.00 bits per heavy atom. The van der Waals surface area contributed by atoms with E-state index in [1.54, 1.807) is 4.90 Å². The number of aryl methyl sites for hydroxylation is 1. The molecule has 1 aliphatic rings. The summed E-state index contributed by atoms with van der Waals surface area (Å²) < 4.78 is 0. The van der Waals surface area contributed by atoms with Crippen molar-refractivity contribution in [3.8, 4) is 11.1 Å². The number of nitrogens with two attached hydrogens (primary N) is 1. The van der Waals surface area contributed by atoms with E-state index in [0.29, 0.717) is 6.42 Å². The number of benzene rings is 1. The van der Waals surface area contributed by atoms with Gasteiger partial charge in [0, 0.05) is 43.2 Å². The van der Waals surface area contributed by atoms with Crippen LogP contribution in [0.4, 0.5) is 5.69 Å². The van der Waals surface area contributed by atoms with Gasteiger partial charge in [-0.05, 0) is 54.7 Å². The van der Waals surface area contributed by atoms with Gasteiger partial charge in [0.1, 0.15) is 0 Å². The number of amides is 1. The van der Waals surface area contributed by atoms with Crippen molar-refractivity contribution >= 4 is 24.0 Å². The van der Waals surface area contributed by atoms with E-state index in [4.69, 9.17) is 5.73 Å². The van der Waals surface area contributed by atoms with E-state index in [1.165, 1.54) is 11.1 Å². The third kappa shape index (κ3) is 3.09. The molecule has 0 spiro atoms. The maximum Gasteiger partial charge on any atom is 0.227 e. The first-order valence-electron chi connectivity index (χ1n) is 7.59. The Labute approximate surface area is 143 Å². The number of halogens is 1. The first-order chi connectivity index (χ1) is 10.5. The highest BCUT2D eigenvalue weighted by Gasteiger charge is 2.21. The van der Waals surface area contributed by atoms with Crippen LogP contribution in [0.1, 0.15) is 36.1 Å². The van der Waals surface area contributed by atoms with Crippen LogP contribution in [0.15, 0.2) is 30.6 Å². The van der Waals surface area contributed by atoms with Gasteiger partial charge in [0.15, 0.2) is 0 Å². The summed E-state index contributed by atoms with van der Waals surface area (Å²) in [6.07, 6.45) is 5.10. The molecule has 23 heavy (non-hydrogen) atoms. The van der Waals surface area contributed by atoms with Gasteiger partial charge in [-0.1, -0.05) is 6.07 Å². The van der Waals surface area contributed by atoms with Crippen molar-refractivity contribution in [2.45, 2.75) is 32.7 Å². The van der Waals surface area contributed by atoms with E-state index in [1.807, 2.05) is 32.4 Å². The zero-order chi connectivity index (χ0) is 15.9. The smallest absolute Gasteiger partial charge is 0.227 e. The number of rotatable bonds is 2. The Hall–Kier alpha value is -1.91. The van der Waals surface area contributed by atoms with Gasteiger partial charge >= 0.3 is 0 Å². The highest BCUT2D eigenvalue weighted by Crippen LogP contribution is 2.33. The molecule has 0 radical (unpaired) electrons. The zero-order valence-corrected chi connectivity index (χ0v) is 14.5.